The summed E-state index contributed by atoms with van der Waals surface area (Å²) in [5, 5.41) is 3.26. The molecule has 4 heteroatoms. The summed E-state index contributed by atoms with van der Waals surface area (Å²) in [6.07, 6.45) is 1.71. The van der Waals surface area contributed by atoms with Crippen molar-refractivity contribution in [3.63, 3.8) is 0 Å². The van der Waals surface area contributed by atoms with Crippen LogP contribution in [0.1, 0.15) is 36.8 Å². The maximum absolute atomic E-state index is 13.9. The van der Waals surface area contributed by atoms with Gasteiger partial charge in [0.1, 0.15) is 11.6 Å². The lowest BCUT2D eigenvalue weighted by molar-refractivity contribution is 0.245. The molecule has 1 unspecified atom stereocenters. The fourth-order valence-electron chi connectivity index (χ4n) is 2.36. The highest BCUT2D eigenvalue weighted by molar-refractivity contribution is 5.22. The monoisotopic (exact) mass is 290 g/mol. The van der Waals surface area contributed by atoms with E-state index in [9.17, 15) is 4.39 Å². The number of benzene rings is 1. The Morgan fingerprint density at radius 2 is 2.05 bits per heavy atom. The molecule has 2 rings (SSSR count). The average molecular weight is 290 g/mol. The van der Waals surface area contributed by atoms with Crippen molar-refractivity contribution in [1.29, 1.82) is 0 Å². The second-order valence-electron chi connectivity index (χ2n) is 5.26. The summed E-state index contributed by atoms with van der Waals surface area (Å²) in [6.45, 7) is 6.44. The van der Waals surface area contributed by atoms with Gasteiger partial charge in [0.25, 0.3) is 0 Å². The summed E-state index contributed by atoms with van der Waals surface area (Å²) in [4.78, 5) is 2.12. The summed E-state index contributed by atoms with van der Waals surface area (Å²) in [7, 11) is 2.00. The van der Waals surface area contributed by atoms with Crippen molar-refractivity contribution in [2.45, 2.75) is 33.0 Å². The Kier molecular flexibility index (Phi) is 5.53. The van der Waals surface area contributed by atoms with Crippen LogP contribution >= 0.6 is 0 Å². The van der Waals surface area contributed by atoms with Gasteiger partial charge in [0.15, 0.2) is 0 Å². The van der Waals surface area contributed by atoms with E-state index in [1.54, 1.807) is 12.3 Å². The van der Waals surface area contributed by atoms with E-state index < -0.39 is 0 Å². The third-order valence-corrected chi connectivity index (χ3v) is 3.81. The van der Waals surface area contributed by atoms with Crippen LogP contribution in [0.5, 0.6) is 0 Å². The maximum atomic E-state index is 13.9. The molecule has 0 bridgehead atoms. The molecule has 0 radical (unpaired) electrons. The first-order chi connectivity index (χ1) is 10.1. The highest BCUT2D eigenvalue weighted by Gasteiger charge is 2.17. The molecule has 0 spiro atoms. The second kappa shape index (κ2) is 7.38. The van der Waals surface area contributed by atoms with E-state index in [0.717, 1.165) is 36.5 Å². The molecule has 0 fully saturated rings. The van der Waals surface area contributed by atoms with Gasteiger partial charge < -0.3 is 9.73 Å². The molecule has 0 saturated heterocycles. The summed E-state index contributed by atoms with van der Waals surface area (Å²) < 4.78 is 19.4. The Morgan fingerprint density at radius 1 is 1.29 bits per heavy atom. The van der Waals surface area contributed by atoms with Gasteiger partial charge >= 0.3 is 0 Å². The van der Waals surface area contributed by atoms with Crippen molar-refractivity contribution in [3.8, 4) is 0 Å². The quantitative estimate of drug-likeness (QED) is 0.842. The molecular weight excluding hydrogens is 267 g/mol. The van der Waals surface area contributed by atoms with Crippen molar-refractivity contribution in [1.82, 2.24) is 10.2 Å². The van der Waals surface area contributed by atoms with E-state index in [0.29, 0.717) is 0 Å². The first-order valence-electron chi connectivity index (χ1n) is 7.34. The molecule has 1 N–H and O–H groups in total. The predicted octanol–water partition coefficient (Wildman–Crippen LogP) is 3.72. The first-order valence-corrected chi connectivity index (χ1v) is 7.34. The summed E-state index contributed by atoms with van der Waals surface area (Å²) >= 11 is 0. The lowest BCUT2D eigenvalue weighted by atomic mass is 10.1. The van der Waals surface area contributed by atoms with E-state index in [-0.39, 0.29) is 11.9 Å². The third kappa shape index (κ3) is 3.93. The lowest BCUT2D eigenvalue weighted by Gasteiger charge is -2.25. The van der Waals surface area contributed by atoms with Gasteiger partial charge in [-0.3, -0.25) is 4.90 Å². The number of rotatable bonds is 7. The molecule has 0 saturated carbocycles. The zero-order valence-electron chi connectivity index (χ0n) is 12.9. The van der Waals surface area contributed by atoms with Crippen molar-refractivity contribution in [2.24, 2.45) is 0 Å². The fourth-order valence-corrected chi connectivity index (χ4v) is 2.36. The second-order valence-corrected chi connectivity index (χ2v) is 5.26. The molecular formula is C17H23FN2O. The van der Waals surface area contributed by atoms with Gasteiger partial charge in [-0.2, -0.15) is 0 Å². The van der Waals surface area contributed by atoms with Gasteiger partial charge in [0, 0.05) is 23.7 Å². The van der Waals surface area contributed by atoms with E-state index >= 15 is 0 Å². The standard InChI is InChI=1S/C17H23FN2O/c1-4-19-11-17-14(9-10-21-17)12-20(3)13(2)15-7-5-6-8-16(15)18/h5-10,13,19H,4,11-12H2,1-3H3. The fraction of sp³-hybridized carbons (Fsp3) is 0.412. The van der Waals surface area contributed by atoms with Crippen LogP contribution < -0.4 is 5.32 Å². The number of nitrogens with zero attached hydrogens (tertiary/aromatic N) is 1. The van der Waals surface area contributed by atoms with Crippen LogP contribution in [0, 0.1) is 5.82 Å². The van der Waals surface area contributed by atoms with Gasteiger partial charge in [-0.1, -0.05) is 25.1 Å². The lowest BCUT2D eigenvalue weighted by Crippen LogP contribution is -2.23. The largest absolute Gasteiger partial charge is 0.468 e. The van der Waals surface area contributed by atoms with Gasteiger partial charge in [-0.05, 0) is 32.6 Å². The Morgan fingerprint density at radius 3 is 2.76 bits per heavy atom. The van der Waals surface area contributed by atoms with E-state index in [1.165, 1.54) is 6.07 Å². The molecule has 1 aromatic carbocycles. The Balaban J connectivity index is 2.06. The Hall–Kier alpha value is -1.65. The molecule has 2 aromatic rings. The van der Waals surface area contributed by atoms with Crippen molar-refractivity contribution >= 4 is 0 Å². The van der Waals surface area contributed by atoms with Crippen molar-refractivity contribution < 1.29 is 8.81 Å². The number of furan rings is 1. The smallest absolute Gasteiger partial charge is 0.127 e. The van der Waals surface area contributed by atoms with Crippen LogP contribution in [0.2, 0.25) is 0 Å². The Labute approximate surface area is 125 Å². The average Bonchev–Trinajstić information content (AvgIpc) is 2.92. The van der Waals surface area contributed by atoms with Crippen LogP contribution in [0.4, 0.5) is 4.39 Å². The van der Waals surface area contributed by atoms with Gasteiger partial charge in [-0.15, -0.1) is 0 Å². The van der Waals surface area contributed by atoms with E-state index in [2.05, 4.69) is 17.1 Å². The molecule has 0 amide bonds. The topological polar surface area (TPSA) is 28.4 Å². The summed E-state index contributed by atoms with van der Waals surface area (Å²) in [6, 6.07) is 8.93. The zero-order chi connectivity index (χ0) is 15.2. The van der Waals surface area contributed by atoms with Gasteiger partial charge in [0.2, 0.25) is 0 Å². The van der Waals surface area contributed by atoms with Crippen molar-refractivity contribution in [2.75, 3.05) is 13.6 Å². The third-order valence-electron chi connectivity index (χ3n) is 3.81. The van der Waals surface area contributed by atoms with Crippen LogP contribution in [0.25, 0.3) is 0 Å². The molecule has 0 aliphatic rings. The molecule has 1 atom stereocenters. The van der Waals surface area contributed by atoms with Gasteiger partial charge in [0.05, 0.1) is 12.8 Å². The predicted molar refractivity (Wildman–Crippen MR) is 82.4 cm³/mol. The van der Waals surface area contributed by atoms with Gasteiger partial charge in [-0.25, -0.2) is 4.39 Å². The molecule has 114 valence electrons. The minimum Gasteiger partial charge on any atom is -0.468 e. The minimum atomic E-state index is -0.156. The van der Waals surface area contributed by atoms with Crippen LogP contribution in [0.15, 0.2) is 41.0 Å². The highest BCUT2D eigenvalue weighted by atomic mass is 19.1. The Bertz CT molecular complexity index is 567. The summed E-state index contributed by atoms with van der Waals surface area (Å²) in [5.41, 5.74) is 1.86. The molecule has 0 aliphatic heterocycles. The van der Waals surface area contributed by atoms with E-state index in [1.807, 2.05) is 32.2 Å². The van der Waals surface area contributed by atoms with Crippen LogP contribution in [0.3, 0.4) is 0 Å². The van der Waals surface area contributed by atoms with Crippen LogP contribution in [-0.4, -0.2) is 18.5 Å². The molecule has 21 heavy (non-hydrogen) atoms. The molecule has 1 aromatic heterocycles. The van der Waals surface area contributed by atoms with Crippen molar-refractivity contribution in [3.05, 3.63) is 59.3 Å². The zero-order valence-corrected chi connectivity index (χ0v) is 12.9. The SMILES string of the molecule is CCNCc1occc1CN(C)C(C)c1ccccc1F. The minimum absolute atomic E-state index is 0.00749. The molecule has 0 aliphatic carbocycles. The number of halogens is 1. The number of hydrogen-bond acceptors (Lipinski definition) is 3. The number of nitrogens with one attached hydrogen (secondary N) is 1. The summed E-state index contributed by atoms with van der Waals surface area (Å²) in [5.74, 6) is 0.793. The normalized spacial score (nSPS) is 12.8. The number of hydrogen-bond donors (Lipinski definition) is 1. The first kappa shape index (κ1) is 15.7. The maximum Gasteiger partial charge on any atom is 0.127 e. The molecule has 3 nitrogen and oxygen atoms in total. The van der Waals surface area contributed by atoms with E-state index in [4.69, 9.17) is 4.42 Å². The molecule has 1 heterocycles. The highest BCUT2D eigenvalue weighted by Crippen LogP contribution is 2.24. The van der Waals surface area contributed by atoms with Crippen LogP contribution in [-0.2, 0) is 13.1 Å².